The zero-order valence-corrected chi connectivity index (χ0v) is 18.7. The number of ether oxygens (including phenoxy) is 1. The largest absolute Gasteiger partial charge is 0.494 e. The summed E-state index contributed by atoms with van der Waals surface area (Å²) in [4.78, 5) is 16.6. The van der Waals surface area contributed by atoms with E-state index in [9.17, 15) is 13.2 Å². The van der Waals surface area contributed by atoms with Gasteiger partial charge in [-0.15, -0.1) is 11.3 Å². The molecular formula is C20H20ClN3O4S2. The van der Waals surface area contributed by atoms with Crippen LogP contribution in [0.4, 0.5) is 5.69 Å². The van der Waals surface area contributed by atoms with Gasteiger partial charge in [0.1, 0.15) is 15.7 Å². The molecule has 3 aromatic rings. The Labute approximate surface area is 184 Å². The number of thiazole rings is 1. The molecule has 0 saturated heterocycles. The summed E-state index contributed by atoms with van der Waals surface area (Å²) >= 11 is 7.55. The van der Waals surface area contributed by atoms with E-state index in [1.165, 1.54) is 29.5 Å². The number of halogens is 1. The van der Waals surface area contributed by atoms with Crippen LogP contribution in [0.25, 0.3) is 0 Å². The number of benzene rings is 2. The maximum Gasteiger partial charge on any atom is 0.263 e. The lowest BCUT2D eigenvalue weighted by atomic mass is 10.2. The van der Waals surface area contributed by atoms with Gasteiger partial charge in [0, 0.05) is 22.3 Å². The highest BCUT2D eigenvalue weighted by atomic mass is 35.5. The van der Waals surface area contributed by atoms with Gasteiger partial charge in [-0.3, -0.25) is 9.52 Å². The highest BCUT2D eigenvalue weighted by Gasteiger charge is 2.20. The van der Waals surface area contributed by atoms with Crippen molar-refractivity contribution in [2.24, 2.45) is 0 Å². The maximum atomic E-state index is 12.8. The van der Waals surface area contributed by atoms with Crippen LogP contribution in [0.3, 0.4) is 0 Å². The van der Waals surface area contributed by atoms with Crippen molar-refractivity contribution in [2.75, 3.05) is 11.3 Å². The third kappa shape index (κ3) is 5.50. The van der Waals surface area contributed by atoms with Gasteiger partial charge >= 0.3 is 0 Å². The molecule has 158 valence electrons. The fraction of sp³-hybridized carbons (Fsp3) is 0.200. The van der Waals surface area contributed by atoms with Gasteiger partial charge in [0.25, 0.3) is 15.9 Å². The quantitative estimate of drug-likeness (QED) is 0.518. The Balaban J connectivity index is 1.76. The number of nitrogens with one attached hydrogen (secondary N) is 2. The number of rotatable bonds is 8. The molecule has 2 aromatic carbocycles. The topological polar surface area (TPSA) is 97.4 Å². The molecule has 10 heteroatoms. The molecule has 0 fully saturated rings. The lowest BCUT2D eigenvalue weighted by Crippen LogP contribution is -2.23. The average Bonchev–Trinajstić information content (AvgIpc) is 3.13. The number of sulfonamides is 1. The van der Waals surface area contributed by atoms with Gasteiger partial charge in [-0.1, -0.05) is 11.6 Å². The summed E-state index contributed by atoms with van der Waals surface area (Å²) < 4.78 is 33.5. The fourth-order valence-corrected chi connectivity index (χ4v) is 4.89. The molecule has 2 N–H and O–H groups in total. The molecule has 30 heavy (non-hydrogen) atoms. The van der Waals surface area contributed by atoms with Crippen LogP contribution < -0.4 is 14.8 Å². The monoisotopic (exact) mass is 465 g/mol. The van der Waals surface area contributed by atoms with Crippen molar-refractivity contribution in [1.82, 2.24) is 10.3 Å². The van der Waals surface area contributed by atoms with Crippen molar-refractivity contribution < 1.29 is 17.9 Å². The Morgan fingerprint density at radius 3 is 2.57 bits per heavy atom. The first-order chi connectivity index (χ1) is 14.3. The number of hydrogen-bond donors (Lipinski definition) is 2. The molecule has 1 heterocycles. The Morgan fingerprint density at radius 2 is 1.93 bits per heavy atom. The van der Waals surface area contributed by atoms with E-state index in [-0.39, 0.29) is 22.0 Å². The second-order valence-corrected chi connectivity index (χ2v) is 9.27. The Kier molecular flexibility index (Phi) is 6.96. The summed E-state index contributed by atoms with van der Waals surface area (Å²) in [5.74, 6) is 0.213. The van der Waals surface area contributed by atoms with E-state index in [1.54, 1.807) is 24.3 Å². The van der Waals surface area contributed by atoms with E-state index in [2.05, 4.69) is 15.0 Å². The van der Waals surface area contributed by atoms with Crippen LogP contribution >= 0.6 is 22.9 Å². The summed E-state index contributed by atoms with van der Waals surface area (Å²) in [6.45, 7) is 4.50. The van der Waals surface area contributed by atoms with Gasteiger partial charge in [0.2, 0.25) is 0 Å². The van der Waals surface area contributed by atoms with Crippen LogP contribution in [0, 0.1) is 6.92 Å². The summed E-state index contributed by atoms with van der Waals surface area (Å²) in [7, 11) is -4.00. The van der Waals surface area contributed by atoms with Gasteiger partial charge in [0.05, 0.1) is 18.2 Å². The first-order valence-electron chi connectivity index (χ1n) is 9.03. The van der Waals surface area contributed by atoms with Crippen molar-refractivity contribution in [3.8, 4) is 5.75 Å². The van der Waals surface area contributed by atoms with Gasteiger partial charge in [-0.05, 0) is 56.3 Å². The highest BCUT2D eigenvalue weighted by Crippen LogP contribution is 2.26. The van der Waals surface area contributed by atoms with E-state index >= 15 is 0 Å². The zero-order valence-electron chi connectivity index (χ0n) is 16.3. The van der Waals surface area contributed by atoms with Crippen LogP contribution in [-0.4, -0.2) is 25.9 Å². The first kappa shape index (κ1) is 22.1. The molecule has 7 nitrogen and oxygen atoms in total. The second kappa shape index (κ2) is 9.46. The van der Waals surface area contributed by atoms with Crippen LogP contribution in [-0.2, 0) is 16.6 Å². The van der Waals surface area contributed by atoms with Crippen molar-refractivity contribution in [3.63, 3.8) is 0 Å². The van der Waals surface area contributed by atoms with Crippen molar-refractivity contribution in [3.05, 3.63) is 69.1 Å². The predicted molar refractivity (Wildman–Crippen MR) is 118 cm³/mol. The highest BCUT2D eigenvalue weighted by molar-refractivity contribution is 7.92. The third-order valence-corrected chi connectivity index (χ3v) is 6.80. The Hall–Kier alpha value is -2.62. The molecule has 0 aliphatic rings. The van der Waals surface area contributed by atoms with Crippen LogP contribution in [0.5, 0.6) is 5.75 Å². The Bertz CT molecular complexity index is 1150. The van der Waals surface area contributed by atoms with E-state index < -0.39 is 15.9 Å². The smallest absolute Gasteiger partial charge is 0.263 e. The minimum Gasteiger partial charge on any atom is -0.494 e. The van der Waals surface area contributed by atoms with Gasteiger partial charge in [0.15, 0.2) is 0 Å². The molecule has 0 unspecified atom stereocenters. The van der Waals surface area contributed by atoms with Crippen LogP contribution in [0.1, 0.15) is 28.0 Å². The molecule has 0 aliphatic carbocycles. The van der Waals surface area contributed by atoms with E-state index in [0.717, 1.165) is 10.7 Å². The van der Waals surface area contributed by atoms with Gasteiger partial charge in [-0.2, -0.15) is 0 Å². The van der Waals surface area contributed by atoms with E-state index in [4.69, 9.17) is 16.3 Å². The van der Waals surface area contributed by atoms with Crippen LogP contribution in [0.2, 0.25) is 5.02 Å². The van der Waals surface area contributed by atoms with Crippen molar-refractivity contribution in [2.45, 2.75) is 25.3 Å². The number of hydrogen-bond acceptors (Lipinski definition) is 6. The zero-order chi connectivity index (χ0) is 21.7. The molecule has 0 spiro atoms. The average molecular weight is 466 g/mol. The standard InChI is InChI=1S/C20H20ClN3O4S2/c1-3-28-16-7-5-15(6-8-16)24-30(26,27)18-10-14(4-9-17(18)21)20(25)22-11-19-23-13(2)12-29-19/h4-10,12,24H,3,11H2,1-2H3,(H,22,25). The van der Waals surface area contributed by atoms with Crippen LogP contribution in [0.15, 0.2) is 52.7 Å². The van der Waals surface area contributed by atoms with Crippen molar-refractivity contribution in [1.29, 1.82) is 0 Å². The number of carbonyl (C=O) groups excluding carboxylic acids is 1. The second-order valence-electron chi connectivity index (χ2n) is 6.27. The molecule has 1 aromatic heterocycles. The third-order valence-electron chi connectivity index (χ3n) is 3.97. The summed E-state index contributed by atoms with van der Waals surface area (Å²) in [5.41, 5.74) is 1.41. The molecule has 0 radical (unpaired) electrons. The summed E-state index contributed by atoms with van der Waals surface area (Å²) in [6.07, 6.45) is 0. The molecular weight excluding hydrogens is 446 g/mol. The number of amides is 1. The molecule has 1 amide bonds. The van der Waals surface area contributed by atoms with Gasteiger partial charge in [-0.25, -0.2) is 13.4 Å². The molecule has 0 atom stereocenters. The predicted octanol–water partition coefficient (Wildman–Crippen LogP) is 4.23. The number of aromatic nitrogens is 1. The first-order valence-corrected chi connectivity index (χ1v) is 11.8. The molecule has 3 rings (SSSR count). The normalized spacial score (nSPS) is 11.2. The summed E-state index contributed by atoms with van der Waals surface area (Å²) in [5, 5.41) is 5.40. The van der Waals surface area contributed by atoms with E-state index in [0.29, 0.717) is 18.0 Å². The summed E-state index contributed by atoms with van der Waals surface area (Å²) in [6, 6.07) is 10.6. The maximum absolute atomic E-state index is 12.8. The minimum atomic E-state index is -4.00. The number of carbonyl (C=O) groups is 1. The number of aryl methyl sites for hydroxylation is 1. The fourth-order valence-electron chi connectivity index (χ4n) is 2.59. The number of anilines is 1. The number of nitrogens with zero attached hydrogens (tertiary/aromatic N) is 1. The molecule has 0 aliphatic heterocycles. The SMILES string of the molecule is CCOc1ccc(NS(=O)(=O)c2cc(C(=O)NCc3nc(C)cs3)ccc2Cl)cc1. The minimum absolute atomic E-state index is 0.0144. The van der Waals surface area contributed by atoms with Gasteiger partial charge < -0.3 is 10.1 Å². The molecule has 0 saturated carbocycles. The Morgan fingerprint density at radius 1 is 1.20 bits per heavy atom. The lowest BCUT2D eigenvalue weighted by molar-refractivity contribution is 0.0950. The van der Waals surface area contributed by atoms with Crippen molar-refractivity contribution >= 4 is 44.6 Å². The van der Waals surface area contributed by atoms with E-state index in [1.807, 2.05) is 19.2 Å². The lowest BCUT2D eigenvalue weighted by Gasteiger charge is -2.12. The molecule has 0 bridgehead atoms.